The molecule has 3 aromatic rings. The van der Waals surface area contributed by atoms with E-state index in [0.717, 1.165) is 29.5 Å². The van der Waals surface area contributed by atoms with Gasteiger partial charge in [0.1, 0.15) is 5.65 Å². The largest absolute Gasteiger partial charge is 0.481 e. The molecule has 0 aliphatic carbocycles. The van der Waals surface area contributed by atoms with Crippen LogP contribution in [0, 0.1) is 5.92 Å². The number of benzene rings is 1. The standard InChI is InChI=1S/C25H31N3O4/c1-17(13-23(30)31)12-22(29)24-20-14-19(26)15-27-25(20)28(2)21(24)10-6-7-11-32-16-18-8-4-3-5-9-18/h3-5,8-9,14-15,17H,6-7,10-13,16,26H2,1-2H3,(H,30,31)/t17-/m0/s1. The molecule has 3 rings (SSSR count). The molecule has 1 aromatic carbocycles. The fourth-order valence-corrected chi connectivity index (χ4v) is 4.03. The monoisotopic (exact) mass is 437 g/mol. The number of aromatic nitrogens is 2. The number of nitrogens with zero attached hydrogens (tertiary/aromatic N) is 2. The van der Waals surface area contributed by atoms with E-state index in [1.54, 1.807) is 19.2 Å². The molecule has 0 saturated heterocycles. The Hall–Kier alpha value is -3.19. The van der Waals surface area contributed by atoms with Crippen molar-refractivity contribution in [2.45, 2.75) is 45.6 Å². The highest BCUT2D eigenvalue weighted by Gasteiger charge is 2.24. The van der Waals surface area contributed by atoms with Gasteiger partial charge in [0.15, 0.2) is 5.78 Å². The number of aryl methyl sites for hydroxylation is 1. The first-order valence-corrected chi connectivity index (χ1v) is 11.0. The first-order valence-electron chi connectivity index (χ1n) is 11.0. The summed E-state index contributed by atoms with van der Waals surface area (Å²) in [5, 5.41) is 9.77. The van der Waals surface area contributed by atoms with E-state index in [1.165, 1.54) is 0 Å². The van der Waals surface area contributed by atoms with Crippen molar-refractivity contribution in [2.75, 3.05) is 12.3 Å². The van der Waals surface area contributed by atoms with Gasteiger partial charge in [0.2, 0.25) is 0 Å². The molecule has 1 atom stereocenters. The summed E-state index contributed by atoms with van der Waals surface area (Å²) in [6.07, 6.45) is 4.16. The van der Waals surface area contributed by atoms with E-state index in [2.05, 4.69) is 4.98 Å². The van der Waals surface area contributed by atoms with Crippen molar-refractivity contribution in [2.24, 2.45) is 13.0 Å². The minimum absolute atomic E-state index is 0.0367. The molecule has 0 aliphatic heterocycles. The highest BCUT2D eigenvalue weighted by atomic mass is 16.5. The number of nitrogen functional groups attached to an aromatic ring is 1. The molecule has 0 bridgehead atoms. The molecular formula is C25H31N3O4. The Morgan fingerprint density at radius 2 is 1.94 bits per heavy atom. The lowest BCUT2D eigenvalue weighted by Crippen LogP contribution is -2.12. The van der Waals surface area contributed by atoms with Crippen LogP contribution in [0.4, 0.5) is 5.69 Å². The Kier molecular flexibility index (Phi) is 8.00. The lowest BCUT2D eigenvalue weighted by molar-refractivity contribution is -0.137. The van der Waals surface area contributed by atoms with Crippen molar-refractivity contribution in [1.82, 2.24) is 9.55 Å². The van der Waals surface area contributed by atoms with Gasteiger partial charge in [0.25, 0.3) is 0 Å². The van der Waals surface area contributed by atoms with Crippen LogP contribution in [0.5, 0.6) is 0 Å². The highest BCUT2D eigenvalue weighted by Crippen LogP contribution is 2.29. The van der Waals surface area contributed by atoms with E-state index >= 15 is 0 Å². The average molecular weight is 438 g/mol. The predicted molar refractivity (Wildman–Crippen MR) is 125 cm³/mol. The molecule has 7 heteroatoms. The van der Waals surface area contributed by atoms with E-state index in [9.17, 15) is 9.59 Å². The second kappa shape index (κ2) is 10.9. The number of fused-ring (bicyclic) bond motifs is 1. The molecule has 0 saturated carbocycles. The molecule has 32 heavy (non-hydrogen) atoms. The minimum Gasteiger partial charge on any atom is -0.481 e. The number of hydrogen-bond donors (Lipinski definition) is 2. The van der Waals surface area contributed by atoms with Gasteiger partial charge in [-0.25, -0.2) is 4.98 Å². The summed E-state index contributed by atoms with van der Waals surface area (Å²) in [4.78, 5) is 28.6. The Bertz CT molecular complexity index is 1080. The summed E-state index contributed by atoms with van der Waals surface area (Å²) in [5.41, 5.74) is 9.83. The Labute approximate surface area is 188 Å². The van der Waals surface area contributed by atoms with Crippen molar-refractivity contribution in [3.63, 3.8) is 0 Å². The van der Waals surface area contributed by atoms with Crippen LogP contribution in [-0.4, -0.2) is 33.0 Å². The molecule has 170 valence electrons. The molecule has 0 spiro atoms. The van der Waals surface area contributed by atoms with Crippen LogP contribution >= 0.6 is 0 Å². The summed E-state index contributed by atoms with van der Waals surface area (Å²) in [6, 6.07) is 11.8. The van der Waals surface area contributed by atoms with Gasteiger partial charge in [-0.1, -0.05) is 37.3 Å². The third-order valence-corrected chi connectivity index (χ3v) is 5.57. The molecule has 7 nitrogen and oxygen atoms in total. The fourth-order valence-electron chi connectivity index (χ4n) is 4.03. The van der Waals surface area contributed by atoms with Crippen molar-refractivity contribution < 1.29 is 19.4 Å². The predicted octanol–water partition coefficient (Wildman–Crippen LogP) is 4.38. The zero-order valence-electron chi connectivity index (χ0n) is 18.7. The number of carboxylic acid groups (broad SMARTS) is 1. The number of rotatable bonds is 12. The fraction of sp³-hybridized carbons (Fsp3) is 0.400. The van der Waals surface area contributed by atoms with Crippen LogP contribution < -0.4 is 5.73 Å². The number of carbonyl (C=O) groups is 2. The summed E-state index contributed by atoms with van der Waals surface area (Å²) in [6.45, 7) is 3.01. The minimum atomic E-state index is -0.898. The first kappa shape index (κ1) is 23.5. The normalized spacial score (nSPS) is 12.2. The number of ketones is 1. The van der Waals surface area contributed by atoms with Crippen LogP contribution in [0.3, 0.4) is 0 Å². The van der Waals surface area contributed by atoms with Gasteiger partial charge >= 0.3 is 5.97 Å². The van der Waals surface area contributed by atoms with Crippen molar-refractivity contribution in [3.8, 4) is 0 Å². The van der Waals surface area contributed by atoms with E-state index in [1.807, 2.05) is 41.9 Å². The molecule has 2 heterocycles. The Morgan fingerprint density at radius 1 is 1.19 bits per heavy atom. The maximum absolute atomic E-state index is 13.2. The van der Waals surface area contributed by atoms with Crippen LogP contribution in [0.1, 0.15) is 54.2 Å². The second-order valence-corrected chi connectivity index (χ2v) is 8.35. The summed E-state index contributed by atoms with van der Waals surface area (Å²) >= 11 is 0. The zero-order valence-corrected chi connectivity index (χ0v) is 18.7. The van der Waals surface area contributed by atoms with E-state index in [-0.39, 0.29) is 24.5 Å². The van der Waals surface area contributed by atoms with Gasteiger partial charge < -0.3 is 20.1 Å². The number of carbonyl (C=O) groups excluding carboxylic acids is 1. The Morgan fingerprint density at radius 3 is 2.66 bits per heavy atom. The highest BCUT2D eigenvalue weighted by molar-refractivity contribution is 6.09. The molecular weight excluding hydrogens is 406 g/mol. The number of hydrogen-bond acceptors (Lipinski definition) is 5. The number of anilines is 1. The second-order valence-electron chi connectivity index (χ2n) is 8.35. The number of ether oxygens (including phenoxy) is 1. The van der Waals surface area contributed by atoms with Crippen LogP contribution in [0.15, 0.2) is 42.6 Å². The van der Waals surface area contributed by atoms with Gasteiger partial charge in [0.05, 0.1) is 18.5 Å². The molecule has 0 aliphatic rings. The summed E-state index contributed by atoms with van der Waals surface area (Å²) in [5.74, 6) is -1.21. The first-order chi connectivity index (χ1) is 15.4. The topological polar surface area (TPSA) is 107 Å². The van der Waals surface area contributed by atoms with Gasteiger partial charge in [-0.05, 0) is 36.8 Å². The number of nitrogens with two attached hydrogens (primary N) is 1. The van der Waals surface area contributed by atoms with Gasteiger partial charge in [-0.2, -0.15) is 0 Å². The maximum Gasteiger partial charge on any atom is 0.303 e. The number of carboxylic acids is 1. The van der Waals surface area contributed by atoms with Crippen LogP contribution in [0.25, 0.3) is 11.0 Å². The zero-order chi connectivity index (χ0) is 23.1. The average Bonchev–Trinajstić information content (AvgIpc) is 3.01. The molecule has 0 unspecified atom stereocenters. The third kappa shape index (κ3) is 5.95. The van der Waals surface area contributed by atoms with E-state index in [4.69, 9.17) is 15.6 Å². The van der Waals surface area contributed by atoms with E-state index in [0.29, 0.717) is 36.5 Å². The number of aliphatic carboxylic acids is 1. The van der Waals surface area contributed by atoms with Crippen LogP contribution in [-0.2, 0) is 29.6 Å². The quantitative estimate of drug-likeness (QED) is 0.322. The molecule has 3 N–H and O–H groups in total. The van der Waals surface area contributed by atoms with Crippen molar-refractivity contribution in [1.29, 1.82) is 0 Å². The van der Waals surface area contributed by atoms with Gasteiger partial charge in [-0.3, -0.25) is 9.59 Å². The van der Waals surface area contributed by atoms with Gasteiger partial charge in [0, 0.05) is 43.1 Å². The van der Waals surface area contributed by atoms with Crippen molar-refractivity contribution >= 4 is 28.5 Å². The lowest BCUT2D eigenvalue weighted by Gasteiger charge is -2.11. The third-order valence-electron chi connectivity index (χ3n) is 5.57. The molecule has 0 fully saturated rings. The molecule has 0 amide bonds. The molecule has 2 aromatic heterocycles. The van der Waals surface area contributed by atoms with Crippen molar-refractivity contribution in [3.05, 3.63) is 59.4 Å². The molecule has 0 radical (unpaired) electrons. The summed E-state index contributed by atoms with van der Waals surface area (Å²) < 4.78 is 7.72. The lowest BCUT2D eigenvalue weighted by atomic mass is 9.94. The number of Topliss-reactive ketones (excluding diaryl/α,β-unsaturated/α-hetero) is 1. The van der Waals surface area contributed by atoms with Crippen LogP contribution in [0.2, 0.25) is 0 Å². The van der Waals surface area contributed by atoms with E-state index < -0.39 is 5.97 Å². The summed E-state index contributed by atoms with van der Waals surface area (Å²) in [7, 11) is 1.91. The number of unbranched alkanes of at least 4 members (excludes halogenated alkanes) is 1. The smallest absolute Gasteiger partial charge is 0.303 e. The number of pyridine rings is 1. The Balaban J connectivity index is 1.69. The SMILES string of the molecule is C[C@H](CC(=O)O)CC(=O)c1c(CCCCOCc2ccccc2)n(C)c2ncc(N)cc12. The van der Waals surface area contributed by atoms with Gasteiger partial charge in [-0.15, -0.1) is 0 Å². The maximum atomic E-state index is 13.2.